The summed E-state index contributed by atoms with van der Waals surface area (Å²) in [6.45, 7) is 8.16. The molecule has 0 radical (unpaired) electrons. The Morgan fingerprint density at radius 2 is 1.82 bits per heavy atom. The number of nitrogens with one attached hydrogen (secondary N) is 2. The monoisotopic (exact) mass is 535 g/mol. The molecule has 1 atom stereocenters. The first-order chi connectivity index (χ1) is 19.4. The van der Waals surface area contributed by atoms with Crippen molar-refractivity contribution in [2.75, 3.05) is 30.8 Å². The third-order valence-corrected chi connectivity index (χ3v) is 7.43. The van der Waals surface area contributed by atoms with Crippen molar-refractivity contribution in [2.24, 2.45) is 0 Å². The molecular weight excluding hydrogens is 502 g/mol. The summed E-state index contributed by atoms with van der Waals surface area (Å²) >= 11 is 0. The Morgan fingerprint density at radius 1 is 1.02 bits per heavy atom. The third-order valence-electron chi connectivity index (χ3n) is 7.43. The summed E-state index contributed by atoms with van der Waals surface area (Å²) in [7, 11) is 2.15. The molecule has 0 spiro atoms. The molecule has 3 aromatic heterocycles. The molecule has 0 aliphatic carbocycles. The van der Waals surface area contributed by atoms with Crippen LogP contribution in [0.2, 0.25) is 0 Å². The van der Waals surface area contributed by atoms with Crippen LogP contribution in [0.3, 0.4) is 0 Å². The number of hydrogen-bond acceptors (Lipinski definition) is 8. The van der Waals surface area contributed by atoms with Gasteiger partial charge in [0.05, 0.1) is 6.20 Å². The number of rotatable bonds is 7. The van der Waals surface area contributed by atoms with Gasteiger partial charge in [0.1, 0.15) is 5.65 Å². The van der Waals surface area contributed by atoms with Crippen LogP contribution in [0.4, 0.5) is 17.3 Å². The Kier molecular flexibility index (Phi) is 6.81. The lowest BCUT2D eigenvalue weighted by molar-refractivity contribution is 0.414. The summed E-state index contributed by atoms with van der Waals surface area (Å²) in [5.41, 5.74) is 5.85. The Balaban J connectivity index is 1.30. The topological polar surface area (TPSA) is 101 Å². The normalized spacial score (nSPS) is 15.7. The number of anilines is 3. The number of nitrogens with zero attached hydrogens (tertiary/aromatic N) is 5. The van der Waals surface area contributed by atoms with Gasteiger partial charge in [0, 0.05) is 52.7 Å². The number of pyridine rings is 1. The number of fused-ring (bicyclic) bond motifs is 1. The van der Waals surface area contributed by atoms with E-state index in [4.69, 9.17) is 9.40 Å². The number of hydrogen-bond donors (Lipinski definition) is 2. The molecule has 1 aliphatic heterocycles. The quantitative estimate of drug-likeness (QED) is 0.267. The second kappa shape index (κ2) is 10.6. The summed E-state index contributed by atoms with van der Waals surface area (Å²) in [5, 5.41) is 7.70. The van der Waals surface area contributed by atoms with E-state index in [1.54, 1.807) is 17.0 Å². The smallest absolute Gasteiger partial charge is 0.260 e. The number of likely N-dealkylation sites (N-methyl/N-ethyl adjacent to an activating group) is 1. The van der Waals surface area contributed by atoms with E-state index >= 15 is 0 Å². The van der Waals surface area contributed by atoms with E-state index in [0.29, 0.717) is 29.0 Å². The minimum absolute atomic E-state index is 0.0874. The first-order valence-electron chi connectivity index (χ1n) is 13.6. The molecule has 2 N–H and O–H groups in total. The molecular formula is C31H33N7O2. The fourth-order valence-corrected chi connectivity index (χ4v) is 5.40. The van der Waals surface area contributed by atoms with Crippen LogP contribution < -0.4 is 16.2 Å². The van der Waals surface area contributed by atoms with E-state index in [0.717, 1.165) is 53.0 Å². The van der Waals surface area contributed by atoms with Crippen LogP contribution in [0.15, 0.2) is 76.5 Å². The van der Waals surface area contributed by atoms with Crippen molar-refractivity contribution in [1.82, 2.24) is 24.4 Å². The van der Waals surface area contributed by atoms with Gasteiger partial charge in [-0.3, -0.25) is 9.36 Å². The van der Waals surface area contributed by atoms with E-state index in [1.807, 2.05) is 57.2 Å². The molecule has 1 fully saturated rings. The van der Waals surface area contributed by atoms with Crippen LogP contribution in [-0.2, 0) is 0 Å². The van der Waals surface area contributed by atoms with E-state index < -0.39 is 0 Å². The zero-order valence-corrected chi connectivity index (χ0v) is 23.2. The Labute approximate surface area is 232 Å². The Bertz CT molecular complexity index is 1710. The molecule has 4 heterocycles. The lowest BCUT2D eigenvalue weighted by atomic mass is 9.98. The number of benzene rings is 2. The van der Waals surface area contributed by atoms with Crippen molar-refractivity contribution in [2.45, 2.75) is 39.3 Å². The summed E-state index contributed by atoms with van der Waals surface area (Å²) in [4.78, 5) is 29.5. The van der Waals surface area contributed by atoms with Gasteiger partial charge in [0.2, 0.25) is 5.95 Å². The van der Waals surface area contributed by atoms with Crippen LogP contribution in [0.25, 0.3) is 33.5 Å². The second-order valence-electron chi connectivity index (χ2n) is 10.8. The number of oxazole rings is 1. The van der Waals surface area contributed by atoms with Gasteiger partial charge in [-0.15, -0.1) is 0 Å². The molecule has 0 bridgehead atoms. The molecule has 0 amide bonds. The van der Waals surface area contributed by atoms with Gasteiger partial charge in [0.25, 0.3) is 5.56 Å². The lowest BCUT2D eigenvalue weighted by Gasteiger charge is -2.17. The van der Waals surface area contributed by atoms with Gasteiger partial charge in [-0.1, -0.05) is 12.1 Å². The molecule has 1 aliphatic rings. The molecule has 0 saturated carbocycles. The van der Waals surface area contributed by atoms with Crippen molar-refractivity contribution < 1.29 is 4.42 Å². The average molecular weight is 536 g/mol. The van der Waals surface area contributed by atoms with Crippen molar-refractivity contribution in [3.05, 3.63) is 83.2 Å². The number of likely N-dealkylation sites (tertiary alicyclic amines) is 1. The first-order valence-corrected chi connectivity index (χ1v) is 13.6. The maximum Gasteiger partial charge on any atom is 0.260 e. The Hall–Kier alpha value is -4.50. The van der Waals surface area contributed by atoms with E-state index in [2.05, 4.69) is 44.7 Å². The van der Waals surface area contributed by atoms with E-state index in [9.17, 15) is 4.79 Å². The zero-order chi connectivity index (χ0) is 27.8. The summed E-state index contributed by atoms with van der Waals surface area (Å²) in [5.74, 6) is 1.13. The van der Waals surface area contributed by atoms with Crippen molar-refractivity contribution in [3.8, 4) is 22.5 Å². The van der Waals surface area contributed by atoms with Crippen molar-refractivity contribution in [1.29, 1.82) is 0 Å². The van der Waals surface area contributed by atoms with Crippen LogP contribution in [0.1, 0.15) is 31.9 Å². The molecule has 40 heavy (non-hydrogen) atoms. The molecule has 6 rings (SSSR count). The van der Waals surface area contributed by atoms with Gasteiger partial charge >= 0.3 is 0 Å². The average Bonchev–Trinajstić information content (AvgIpc) is 3.62. The molecule has 1 unspecified atom stereocenters. The van der Waals surface area contributed by atoms with E-state index in [1.165, 1.54) is 6.39 Å². The van der Waals surface area contributed by atoms with Gasteiger partial charge < -0.3 is 20.0 Å². The minimum Gasteiger partial charge on any atom is -0.444 e. The SMILES string of the molecule is Cc1cc(-c2cnco2)ccc1-c1cc2cnc(Nc3ccc(NC4CCN(C)C4)cc3)nc2n(C(C)C)c1=O. The molecule has 2 aromatic carbocycles. The van der Waals surface area contributed by atoms with Crippen molar-refractivity contribution in [3.63, 3.8) is 0 Å². The predicted molar refractivity (Wildman–Crippen MR) is 159 cm³/mol. The minimum atomic E-state index is -0.0912. The highest BCUT2D eigenvalue weighted by atomic mass is 16.3. The highest BCUT2D eigenvalue weighted by Gasteiger charge is 2.19. The standard InChI is InChI=1S/C31H33N7O2/c1-19(2)38-29-22(14-27(30(38)39)26-10-5-21(13-20(26)3)28-16-32-18-40-28)15-33-31(36-29)35-24-8-6-23(7-9-24)34-25-11-12-37(4)17-25/h5-10,13-16,18-19,25,34H,11-12,17H2,1-4H3,(H,33,35,36). The fourth-order valence-electron chi connectivity index (χ4n) is 5.40. The first kappa shape index (κ1) is 25.8. The molecule has 9 nitrogen and oxygen atoms in total. The predicted octanol–water partition coefficient (Wildman–Crippen LogP) is 5.86. The van der Waals surface area contributed by atoms with Crippen molar-refractivity contribution >= 4 is 28.4 Å². The summed E-state index contributed by atoms with van der Waals surface area (Å²) in [6.07, 6.45) is 6.01. The summed E-state index contributed by atoms with van der Waals surface area (Å²) in [6, 6.07) is 16.3. The molecule has 204 valence electrons. The fraction of sp³-hybridized carbons (Fsp3) is 0.290. The zero-order valence-electron chi connectivity index (χ0n) is 23.2. The molecule has 5 aromatic rings. The molecule has 1 saturated heterocycles. The van der Waals surface area contributed by atoms with Crippen LogP contribution in [0.5, 0.6) is 0 Å². The number of aromatic nitrogens is 4. The molecule has 9 heteroatoms. The maximum absolute atomic E-state index is 13.8. The van der Waals surface area contributed by atoms with Crippen LogP contribution >= 0.6 is 0 Å². The van der Waals surface area contributed by atoms with Crippen LogP contribution in [-0.4, -0.2) is 50.6 Å². The highest BCUT2D eigenvalue weighted by molar-refractivity contribution is 5.83. The van der Waals surface area contributed by atoms with E-state index in [-0.39, 0.29) is 11.6 Å². The number of aryl methyl sites for hydroxylation is 1. The van der Waals surface area contributed by atoms with Gasteiger partial charge in [-0.05, 0) is 88.3 Å². The maximum atomic E-state index is 13.8. The van der Waals surface area contributed by atoms with Gasteiger partial charge in [0.15, 0.2) is 12.2 Å². The van der Waals surface area contributed by atoms with Gasteiger partial charge in [-0.25, -0.2) is 9.97 Å². The second-order valence-corrected chi connectivity index (χ2v) is 10.8. The largest absolute Gasteiger partial charge is 0.444 e. The Morgan fingerprint density at radius 3 is 2.50 bits per heavy atom. The summed E-state index contributed by atoms with van der Waals surface area (Å²) < 4.78 is 7.18. The lowest BCUT2D eigenvalue weighted by Crippen LogP contribution is -2.25. The van der Waals surface area contributed by atoms with Crippen LogP contribution in [0, 0.1) is 6.92 Å². The highest BCUT2D eigenvalue weighted by Crippen LogP contribution is 2.29. The third kappa shape index (κ3) is 5.08. The van der Waals surface area contributed by atoms with Gasteiger partial charge in [-0.2, -0.15) is 4.98 Å².